The number of halogens is 3. The summed E-state index contributed by atoms with van der Waals surface area (Å²) in [4.78, 5) is 17.5. The molecular weight excluding hydrogens is 499 g/mol. The molecule has 0 bridgehead atoms. The molecule has 7 heteroatoms. The van der Waals surface area contributed by atoms with Crippen molar-refractivity contribution in [2.24, 2.45) is 16.8 Å². The van der Waals surface area contributed by atoms with Crippen LogP contribution in [0.4, 0.5) is 13.2 Å². The molecule has 0 radical (unpaired) electrons. The number of benzene rings is 1. The molecule has 1 saturated carbocycles. The first-order valence-electron chi connectivity index (χ1n) is 14.3. The molecule has 3 unspecified atom stereocenters. The Morgan fingerprint density at radius 3 is 2.54 bits per heavy atom. The van der Waals surface area contributed by atoms with E-state index in [1.54, 1.807) is 6.92 Å². The van der Waals surface area contributed by atoms with Gasteiger partial charge in [0.05, 0.1) is 12.5 Å². The highest BCUT2D eigenvalue weighted by molar-refractivity contribution is 6.07. The van der Waals surface area contributed by atoms with Crippen LogP contribution >= 0.6 is 0 Å². The van der Waals surface area contributed by atoms with Crippen molar-refractivity contribution in [3.05, 3.63) is 52.2 Å². The van der Waals surface area contributed by atoms with Gasteiger partial charge in [-0.3, -0.25) is 9.79 Å². The van der Waals surface area contributed by atoms with Crippen molar-refractivity contribution in [3.63, 3.8) is 0 Å². The van der Waals surface area contributed by atoms with E-state index in [1.807, 2.05) is 0 Å². The van der Waals surface area contributed by atoms with Gasteiger partial charge >= 0.3 is 6.18 Å². The highest BCUT2D eigenvalue weighted by atomic mass is 19.4. The average Bonchev–Trinajstić information content (AvgIpc) is 3.38. The van der Waals surface area contributed by atoms with E-state index in [9.17, 15) is 23.2 Å². The molecule has 0 saturated heterocycles. The molecule has 1 fully saturated rings. The minimum absolute atomic E-state index is 0.202. The summed E-state index contributed by atoms with van der Waals surface area (Å²) in [6.45, 7) is 9.11. The third-order valence-electron chi connectivity index (χ3n) is 8.45. The zero-order chi connectivity index (χ0) is 28.7. The molecular formula is C32H42F3N3O. The fourth-order valence-corrected chi connectivity index (χ4v) is 6.16. The van der Waals surface area contributed by atoms with Crippen LogP contribution in [0.1, 0.15) is 108 Å². The van der Waals surface area contributed by atoms with E-state index in [0.29, 0.717) is 24.2 Å². The van der Waals surface area contributed by atoms with Crippen LogP contribution in [0.5, 0.6) is 0 Å². The molecule has 1 aromatic rings. The lowest BCUT2D eigenvalue weighted by atomic mass is 9.75. The van der Waals surface area contributed by atoms with E-state index in [2.05, 4.69) is 50.4 Å². The third-order valence-corrected chi connectivity index (χ3v) is 8.45. The number of hydrogen-bond donors (Lipinski definition) is 1. The summed E-state index contributed by atoms with van der Waals surface area (Å²) in [5, 5.41) is 11.9. The minimum Gasteiger partial charge on any atom is -0.341 e. The number of carbonyl (C=O) groups excluding carboxylic acids is 1. The highest BCUT2D eigenvalue weighted by Crippen LogP contribution is 2.48. The second-order valence-electron chi connectivity index (χ2n) is 11.2. The fraction of sp³-hybridized carbons (Fsp3) is 0.594. The van der Waals surface area contributed by atoms with Gasteiger partial charge in [0.2, 0.25) is 5.91 Å². The molecule has 1 N–H and O–H groups in total. The van der Waals surface area contributed by atoms with Crippen molar-refractivity contribution >= 4 is 17.2 Å². The number of alkyl halides is 3. The molecule has 2 aliphatic carbocycles. The maximum Gasteiger partial charge on any atom is 0.408 e. The Hall–Kier alpha value is -2.88. The number of nitriles is 1. The van der Waals surface area contributed by atoms with E-state index in [-0.39, 0.29) is 18.4 Å². The number of nitrogens with zero attached hydrogens (tertiary/aromatic N) is 2. The van der Waals surface area contributed by atoms with Gasteiger partial charge in [-0.2, -0.15) is 18.4 Å². The van der Waals surface area contributed by atoms with Crippen LogP contribution in [0.2, 0.25) is 0 Å². The first-order valence-corrected chi connectivity index (χ1v) is 14.3. The lowest BCUT2D eigenvalue weighted by Gasteiger charge is -2.30. The van der Waals surface area contributed by atoms with Gasteiger partial charge in [0.15, 0.2) is 0 Å². The van der Waals surface area contributed by atoms with Gasteiger partial charge in [0.25, 0.3) is 0 Å². The van der Waals surface area contributed by atoms with E-state index in [1.165, 1.54) is 37.4 Å². The Bertz CT molecular complexity index is 1170. The number of hydrogen-bond acceptors (Lipinski definition) is 3. The first kappa shape index (κ1) is 30.7. The number of fused-ring (bicyclic) bond motifs is 1. The summed E-state index contributed by atoms with van der Waals surface area (Å²) in [6, 6.07) is 6.98. The maximum absolute atomic E-state index is 13.0. The number of allylic oxidation sites excluding steroid dienone is 2. The Morgan fingerprint density at radius 1 is 1.26 bits per heavy atom. The van der Waals surface area contributed by atoms with Gasteiger partial charge in [-0.15, -0.1) is 0 Å². The molecule has 0 aromatic heterocycles. The molecule has 0 aliphatic heterocycles. The molecule has 4 nitrogen and oxygen atoms in total. The maximum atomic E-state index is 13.0. The summed E-state index contributed by atoms with van der Waals surface area (Å²) >= 11 is 0. The third kappa shape index (κ3) is 7.41. The summed E-state index contributed by atoms with van der Waals surface area (Å²) in [5.74, 6) is 0.583. The summed E-state index contributed by atoms with van der Waals surface area (Å²) in [5.41, 5.74) is 6.62. The predicted molar refractivity (Wildman–Crippen MR) is 151 cm³/mol. The number of aryl methyl sites for hydroxylation is 1. The molecule has 1 amide bonds. The first-order chi connectivity index (χ1) is 18.5. The number of rotatable bonds is 9. The Balaban J connectivity index is 2.15. The zero-order valence-electron chi connectivity index (χ0n) is 23.9. The second kappa shape index (κ2) is 13.5. The zero-order valence-corrected chi connectivity index (χ0v) is 23.9. The number of amides is 1. The van der Waals surface area contributed by atoms with E-state index < -0.39 is 18.1 Å². The molecule has 39 heavy (non-hydrogen) atoms. The molecule has 3 rings (SSSR count). The predicted octanol–water partition coefficient (Wildman–Crippen LogP) is 8.58. The van der Waals surface area contributed by atoms with Crippen LogP contribution in [0.15, 0.2) is 40.5 Å². The Morgan fingerprint density at radius 2 is 1.95 bits per heavy atom. The van der Waals surface area contributed by atoms with E-state index in [0.717, 1.165) is 47.8 Å². The molecule has 0 heterocycles. The molecule has 2 aliphatic rings. The fourth-order valence-electron chi connectivity index (χ4n) is 6.16. The topological polar surface area (TPSA) is 65.2 Å². The van der Waals surface area contributed by atoms with Crippen LogP contribution in [0.25, 0.3) is 5.57 Å². The number of aliphatic imine (C=N–C) groups is 1. The summed E-state index contributed by atoms with van der Waals surface area (Å²) in [6.07, 6.45) is 4.61. The van der Waals surface area contributed by atoms with Crippen LogP contribution in [0, 0.1) is 30.1 Å². The summed E-state index contributed by atoms with van der Waals surface area (Å²) in [7, 11) is 0. The number of carbonyl (C=O) groups is 1. The van der Waals surface area contributed by atoms with Crippen molar-refractivity contribution < 1.29 is 18.0 Å². The largest absolute Gasteiger partial charge is 0.408 e. The lowest BCUT2D eigenvalue weighted by Crippen LogP contribution is -2.43. The van der Waals surface area contributed by atoms with E-state index in [4.69, 9.17) is 4.99 Å². The average molecular weight is 542 g/mol. The smallest absolute Gasteiger partial charge is 0.341 e. The van der Waals surface area contributed by atoms with Crippen molar-refractivity contribution in [1.82, 2.24) is 5.32 Å². The van der Waals surface area contributed by atoms with Crippen molar-refractivity contribution in [2.45, 2.75) is 111 Å². The standard InChI is InChI=1S/C32H42F3N3O/c1-6-10-30(37-19-23(7-2)31(39)38-22(5)32(33,34)35)29-18-27(24-11-8-9-12-24)21(4)25-14-13-20(3)17-28(25)26(29)15-16-36/h13-14,17,19,21-22,24,27H,6-12,15,18H2,1-5H3,(H,38,39). The Labute approximate surface area is 231 Å². The second-order valence-corrected chi connectivity index (χ2v) is 11.2. The van der Waals surface area contributed by atoms with Crippen LogP contribution in [-0.2, 0) is 4.79 Å². The van der Waals surface area contributed by atoms with Gasteiger partial charge in [-0.05, 0) is 73.1 Å². The van der Waals surface area contributed by atoms with Gasteiger partial charge < -0.3 is 5.32 Å². The molecule has 0 spiro atoms. The SMILES string of the molecule is CCCC(=NC=C(CC)C(=O)NC(C)C(F)(F)F)C1=C(CC#N)c2cc(C)ccc2C(C)C(C2CCCC2)C1. The van der Waals surface area contributed by atoms with Gasteiger partial charge in [0, 0.05) is 17.5 Å². The van der Waals surface area contributed by atoms with Gasteiger partial charge in [0.1, 0.15) is 6.04 Å². The van der Waals surface area contributed by atoms with Crippen LogP contribution < -0.4 is 5.32 Å². The van der Waals surface area contributed by atoms with Crippen molar-refractivity contribution in [3.8, 4) is 6.07 Å². The molecule has 1 aromatic carbocycles. The van der Waals surface area contributed by atoms with E-state index >= 15 is 0 Å². The summed E-state index contributed by atoms with van der Waals surface area (Å²) < 4.78 is 39.1. The lowest BCUT2D eigenvalue weighted by molar-refractivity contribution is -0.156. The monoisotopic (exact) mass is 541 g/mol. The van der Waals surface area contributed by atoms with Gasteiger partial charge in [-0.1, -0.05) is 76.6 Å². The van der Waals surface area contributed by atoms with Gasteiger partial charge in [-0.25, -0.2) is 0 Å². The quantitative estimate of drug-likeness (QED) is 0.251. The molecule has 212 valence electrons. The van der Waals surface area contributed by atoms with Crippen molar-refractivity contribution in [2.75, 3.05) is 0 Å². The molecule has 3 atom stereocenters. The van der Waals surface area contributed by atoms with Crippen LogP contribution in [-0.4, -0.2) is 23.8 Å². The van der Waals surface area contributed by atoms with Crippen molar-refractivity contribution in [1.29, 1.82) is 5.26 Å². The van der Waals surface area contributed by atoms with Crippen LogP contribution in [0.3, 0.4) is 0 Å². The minimum atomic E-state index is -4.51. The highest BCUT2D eigenvalue weighted by Gasteiger charge is 2.38. The number of nitrogens with one attached hydrogen (secondary N) is 1. The Kier molecular flexibility index (Phi) is 10.6. The normalized spacial score (nSPS) is 21.8.